The Morgan fingerprint density at radius 1 is 1.24 bits per heavy atom. The monoisotopic (exact) mass is 384 g/mol. The molecule has 2 aliphatic rings. The number of piperidine rings is 1. The molecule has 2 fully saturated rings. The zero-order chi connectivity index (χ0) is 18.0. The maximum atomic E-state index is 12.8. The van der Waals surface area contributed by atoms with Crippen LogP contribution < -0.4 is 0 Å². The van der Waals surface area contributed by atoms with Crippen LogP contribution >= 0.6 is 11.3 Å². The molecule has 140 valence electrons. The number of thiophene rings is 1. The molecule has 1 aliphatic carbocycles. The van der Waals surface area contributed by atoms with E-state index < -0.39 is 10.0 Å². The lowest BCUT2D eigenvalue weighted by Gasteiger charge is -2.33. The van der Waals surface area contributed by atoms with Crippen molar-refractivity contribution in [2.24, 2.45) is 11.8 Å². The van der Waals surface area contributed by atoms with E-state index in [9.17, 15) is 13.2 Å². The van der Waals surface area contributed by atoms with Gasteiger partial charge in [0.05, 0.1) is 5.92 Å². The first-order valence-corrected chi connectivity index (χ1v) is 11.4. The van der Waals surface area contributed by atoms with Crippen LogP contribution in [0.4, 0.5) is 0 Å². The number of rotatable bonds is 5. The van der Waals surface area contributed by atoms with E-state index in [4.69, 9.17) is 0 Å². The highest BCUT2D eigenvalue weighted by molar-refractivity contribution is 7.91. The first-order valence-electron chi connectivity index (χ1n) is 9.19. The fraction of sp³-hybridized carbons (Fsp3) is 0.722. The van der Waals surface area contributed by atoms with Crippen molar-refractivity contribution in [3.63, 3.8) is 0 Å². The smallest absolute Gasteiger partial charge is 0.252 e. The minimum atomic E-state index is -3.47. The molecule has 5 nitrogen and oxygen atoms in total. The summed E-state index contributed by atoms with van der Waals surface area (Å²) < 4.78 is 27.6. The minimum Gasteiger partial charge on any atom is -0.345 e. The molecule has 0 radical (unpaired) electrons. The molecule has 1 aromatic rings. The van der Waals surface area contributed by atoms with Crippen molar-refractivity contribution in [2.45, 2.75) is 49.7 Å². The lowest BCUT2D eigenvalue weighted by Crippen LogP contribution is -2.46. The van der Waals surface area contributed by atoms with Gasteiger partial charge < -0.3 is 4.90 Å². The highest BCUT2D eigenvalue weighted by Crippen LogP contribution is 2.30. The average Bonchev–Trinajstić information content (AvgIpc) is 3.26. The molecule has 1 saturated heterocycles. The van der Waals surface area contributed by atoms with Crippen LogP contribution in [0.25, 0.3) is 0 Å². The van der Waals surface area contributed by atoms with Crippen LogP contribution in [0, 0.1) is 18.8 Å². The number of carbonyl (C=O) groups excluding carboxylic acids is 1. The Labute approximate surface area is 155 Å². The second-order valence-electron chi connectivity index (χ2n) is 7.44. The van der Waals surface area contributed by atoms with E-state index in [2.05, 4.69) is 0 Å². The van der Waals surface area contributed by atoms with E-state index in [-0.39, 0.29) is 11.8 Å². The van der Waals surface area contributed by atoms with Gasteiger partial charge in [-0.25, -0.2) is 8.42 Å². The second kappa shape index (κ2) is 7.76. The molecule has 25 heavy (non-hydrogen) atoms. The van der Waals surface area contributed by atoms with Crippen molar-refractivity contribution in [1.29, 1.82) is 0 Å². The van der Waals surface area contributed by atoms with Crippen molar-refractivity contribution >= 4 is 27.3 Å². The van der Waals surface area contributed by atoms with Crippen molar-refractivity contribution < 1.29 is 13.2 Å². The zero-order valence-corrected chi connectivity index (χ0v) is 16.7. The summed E-state index contributed by atoms with van der Waals surface area (Å²) in [6.45, 7) is 3.54. The molecule has 1 saturated carbocycles. The summed E-state index contributed by atoms with van der Waals surface area (Å²) >= 11 is 1.30. The van der Waals surface area contributed by atoms with Crippen LogP contribution in [0.2, 0.25) is 0 Å². The SMILES string of the molecule is Cc1ccc(S(=O)(=O)N2CCCC(C(=O)N(C)CC3CCCC3)C2)s1. The average molecular weight is 385 g/mol. The van der Waals surface area contributed by atoms with Gasteiger partial charge in [0.1, 0.15) is 4.21 Å². The van der Waals surface area contributed by atoms with Crippen molar-refractivity contribution in [2.75, 3.05) is 26.7 Å². The van der Waals surface area contributed by atoms with Crippen molar-refractivity contribution in [1.82, 2.24) is 9.21 Å². The topological polar surface area (TPSA) is 57.7 Å². The molecular formula is C18H28N2O3S2. The molecule has 0 bridgehead atoms. The Balaban J connectivity index is 1.65. The lowest BCUT2D eigenvalue weighted by molar-refractivity contribution is -0.135. The summed E-state index contributed by atoms with van der Waals surface area (Å²) in [6.07, 6.45) is 6.48. The van der Waals surface area contributed by atoms with Crippen LogP contribution in [0.3, 0.4) is 0 Å². The fourth-order valence-corrected chi connectivity index (χ4v) is 6.98. The van der Waals surface area contributed by atoms with Gasteiger partial charge in [0, 0.05) is 31.6 Å². The molecule has 1 amide bonds. The van der Waals surface area contributed by atoms with Crippen molar-refractivity contribution in [3.05, 3.63) is 17.0 Å². The van der Waals surface area contributed by atoms with Gasteiger partial charge in [-0.05, 0) is 50.7 Å². The van der Waals surface area contributed by atoms with Crippen LogP contribution in [0.5, 0.6) is 0 Å². The molecule has 1 aromatic heterocycles. The largest absolute Gasteiger partial charge is 0.345 e. The molecule has 1 aliphatic heterocycles. The molecule has 1 unspecified atom stereocenters. The zero-order valence-electron chi connectivity index (χ0n) is 15.1. The Kier molecular flexibility index (Phi) is 5.85. The summed E-state index contributed by atoms with van der Waals surface area (Å²) in [5.41, 5.74) is 0. The third kappa shape index (κ3) is 4.26. The highest BCUT2D eigenvalue weighted by atomic mass is 32.2. The minimum absolute atomic E-state index is 0.106. The molecule has 0 spiro atoms. The molecule has 3 rings (SSSR count). The number of sulfonamides is 1. The number of nitrogens with zero attached hydrogens (tertiary/aromatic N) is 2. The lowest BCUT2D eigenvalue weighted by atomic mass is 9.97. The van der Waals surface area contributed by atoms with E-state index in [0.29, 0.717) is 23.2 Å². The second-order valence-corrected chi connectivity index (χ2v) is 10.9. The molecular weight excluding hydrogens is 356 g/mol. The van der Waals surface area contributed by atoms with Gasteiger partial charge in [-0.15, -0.1) is 11.3 Å². The van der Waals surface area contributed by atoms with Gasteiger partial charge in [-0.3, -0.25) is 4.79 Å². The van der Waals surface area contributed by atoms with Gasteiger partial charge in [0.15, 0.2) is 0 Å². The fourth-order valence-electron chi connectivity index (χ4n) is 4.02. The Morgan fingerprint density at radius 2 is 1.96 bits per heavy atom. The van der Waals surface area contributed by atoms with Crippen molar-refractivity contribution in [3.8, 4) is 0 Å². The number of amides is 1. The predicted molar refractivity (Wildman–Crippen MR) is 100 cm³/mol. The Hall–Kier alpha value is -0.920. The van der Waals surface area contributed by atoms with Crippen LogP contribution in [-0.4, -0.2) is 50.2 Å². The maximum Gasteiger partial charge on any atom is 0.252 e. The number of hydrogen-bond acceptors (Lipinski definition) is 4. The van der Waals surface area contributed by atoms with Crippen LogP contribution in [0.1, 0.15) is 43.4 Å². The molecule has 0 aromatic carbocycles. The maximum absolute atomic E-state index is 12.8. The van der Waals surface area contributed by atoms with Gasteiger partial charge in [-0.1, -0.05) is 12.8 Å². The first kappa shape index (κ1) is 18.9. The summed E-state index contributed by atoms with van der Waals surface area (Å²) in [6, 6.07) is 3.51. The number of carbonyl (C=O) groups is 1. The van der Waals surface area contributed by atoms with Gasteiger partial charge in [-0.2, -0.15) is 4.31 Å². The highest BCUT2D eigenvalue weighted by Gasteiger charge is 2.35. The molecule has 1 atom stereocenters. The Bertz CT molecular complexity index is 708. The third-order valence-electron chi connectivity index (χ3n) is 5.43. The molecule has 7 heteroatoms. The first-order chi connectivity index (χ1) is 11.9. The van der Waals surface area contributed by atoms with E-state index in [1.54, 1.807) is 6.07 Å². The number of hydrogen-bond donors (Lipinski definition) is 0. The van der Waals surface area contributed by atoms with E-state index in [1.807, 2.05) is 24.9 Å². The third-order valence-corrected chi connectivity index (χ3v) is 8.76. The Morgan fingerprint density at radius 3 is 2.60 bits per heavy atom. The van der Waals surface area contributed by atoms with E-state index in [1.165, 1.54) is 41.3 Å². The predicted octanol–water partition coefficient (Wildman–Crippen LogP) is 3.11. The summed E-state index contributed by atoms with van der Waals surface area (Å²) in [4.78, 5) is 15.6. The van der Waals surface area contributed by atoms with Crippen LogP contribution in [-0.2, 0) is 14.8 Å². The molecule has 0 N–H and O–H groups in total. The summed E-state index contributed by atoms with van der Waals surface area (Å²) in [7, 11) is -1.60. The molecule has 2 heterocycles. The summed E-state index contributed by atoms with van der Waals surface area (Å²) in [5.74, 6) is 0.511. The van der Waals surface area contributed by atoms with Crippen LogP contribution in [0.15, 0.2) is 16.3 Å². The van der Waals surface area contributed by atoms with Gasteiger partial charge in [0.25, 0.3) is 10.0 Å². The number of aryl methyl sites for hydroxylation is 1. The quantitative estimate of drug-likeness (QED) is 0.784. The van der Waals surface area contributed by atoms with E-state index in [0.717, 1.165) is 24.3 Å². The van der Waals surface area contributed by atoms with Gasteiger partial charge >= 0.3 is 0 Å². The summed E-state index contributed by atoms with van der Waals surface area (Å²) in [5, 5.41) is 0. The standard InChI is InChI=1S/C18H28N2O3S2/c1-14-9-10-17(24-14)25(22,23)20-11-5-8-16(13-20)18(21)19(2)12-15-6-3-4-7-15/h9-10,15-16H,3-8,11-13H2,1-2H3. The normalized spacial score (nSPS) is 23.0. The van der Waals surface area contributed by atoms with E-state index >= 15 is 0 Å². The van der Waals surface area contributed by atoms with Gasteiger partial charge in [0.2, 0.25) is 5.91 Å².